The zero-order valence-corrected chi connectivity index (χ0v) is 19.5. The van der Waals surface area contributed by atoms with Crippen molar-refractivity contribution in [1.82, 2.24) is 0 Å². The van der Waals surface area contributed by atoms with Crippen molar-refractivity contribution in [3.8, 4) is 0 Å². The molecule has 2 aliphatic carbocycles. The maximum Gasteiger partial charge on any atom is 0.162 e. The van der Waals surface area contributed by atoms with Crippen molar-refractivity contribution in [2.45, 2.75) is 65.3 Å². The van der Waals surface area contributed by atoms with Crippen LogP contribution < -0.4 is 5.73 Å². The largest absolute Gasteiger partial charge is 0.388 e. The first-order valence-corrected chi connectivity index (χ1v) is 11.4. The van der Waals surface area contributed by atoms with Gasteiger partial charge in [-0.15, -0.1) is 0 Å². The fourth-order valence-electron chi connectivity index (χ4n) is 5.36. The number of fused-ring (bicyclic) bond motifs is 2. The van der Waals surface area contributed by atoms with E-state index in [-0.39, 0.29) is 11.2 Å². The van der Waals surface area contributed by atoms with Crippen LogP contribution in [0.5, 0.6) is 0 Å². The third-order valence-electron chi connectivity index (χ3n) is 6.48. The molecule has 2 aromatic carbocycles. The molecule has 0 aliphatic heterocycles. The van der Waals surface area contributed by atoms with Crippen molar-refractivity contribution < 1.29 is 4.79 Å². The zero-order valence-electron chi connectivity index (χ0n) is 17.9. The van der Waals surface area contributed by atoms with Crippen LogP contribution in [0, 0.1) is 5.41 Å². The molecule has 0 saturated heterocycles. The number of halogens is 1. The van der Waals surface area contributed by atoms with Gasteiger partial charge in [-0.1, -0.05) is 60.1 Å². The standard InChI is InChI=1S/C23H25BrN2O.C2H6/c1-15(27)23(26-16(2)25)21-13-20(24)8-7-19(21)14-22(23)11-9-17-5-3-4-6-18(17)10-12-22;1-2/h3-8,13H,9-12,14H2,1-2H3,(H2,25,26);1-2H3. The summed E-state index contributed by atoms with van der Waals surface area (Å²) in [5.74, 6) is 0.564. The first kappa shape index (κ1) is 21.8. The molecule has 0 radical (unpaired) electrons. The molecule has 1 spiro atoms. The second-order valence-electron chi connectivity index (χ2n) is 8.05. The smallest absolute Gasteiger partial charge is 0.162 e. The van der Waals surface area contributed by atoms with Crippen LogP contribution in [-0.4, -0.2) is 11.6 Å². The van der Waals surface area contributed by atoms with Gasteiger partial charge in [0.1, 0.15) is 0 Å². The maximum atomic E-state index is 13.3. The summed E-state index contributed by atoms with van der Waals surface area (Å²) in [5, 5.41) is 0. The summed E-state index contributed by atoms with van der Waals surface area (Å²) < 4.78 is 0.978. The van der Waals surface area contributed by atoms with Crippen molar-refractivity contribution in [3.63, 3.8) is 0 Å². The molecular formula is C25H31BrN2O. The number of hydrogen-bond donors (Lipinski definition) is 1. The Bertz CT molecular complexity index is 919. The van der Waals surface area contributed by atoms with Crippen LogP contribution in [0.25, 0.3) is 0 Å². The van der Waals surface area contributed by atoms with Gasteiger partial charge in [0.2, 0.25) is 0 Å². The number of nitrogens with zero attached hydrogens (tertiary/aromatic N) is 1. The molecule has 1 unspecified atom stereocenters. The Kier molecular flexibility index (Phi) is 6.33. The number of nitrogens with two attached hydrogens (primary N) is 1. The molecule has 29 heavy (non-hydrogen) atoms. The lowest BCUT2D eigenvalue weighted by molar-refractivity contribution is -0.127. The predicted molar refractivity (Wildman–Crippen MR) is 124 cm³/mol. The minimum absolute atomic E-state index is 0.0927. The van der Waals surface area contributed by atoms with Crippen molar-refractivity contribution in [1.29, 1.82) is 0 Å². The lowest BCUT2D eigenvalue weighted by atomic mass is 9.63. The minimum Gasteiger partial charge on any atom is -0.388 e. The van der Waals surface area contributed by atoms with E-state index < -0.39 is 5.54 Å². The highest BCUT2D eigenvalue weighted by molar-refractivity contribution is 9.10. The molecule has 0 saturated carbocycles. The summed E-state index contributed by atoms with van der Waals surface area (Å²) in [5.41, 5.74) is 10.0. The molecule has 4 heteroatoms. The summed E-state index contributed by atoms with van der Waals surface area (Å²) in [6, 6.07) is 14.9. The van der Waals surface area contributed by atoms with E-state index >= 15 is 0 Å². The number of aliphatic imine (C=N–C) groups is 1. The Balaban J connectivity index is 0.00000117. The molecule has 0 heterocycles. The van der Waals surface area contributed by atoms with E-state index in [1.54, 1.807) is 13.8 Å². The average molecular weight is 455 g/mol. The molecule has 0 aromatic heterocycles. The Hall–Kier alpha value is -1.94. The monoisotopic (exact) mass is 454 g/mol. The van der Waals surface area contributed by atoms with Crippen LogP contribution in [0.1, 0.15) is 62.8 Å². The Labute approximate surface area is 182 Å². The van der Waals surface area contributed by atoms with Gasteiger partial charge in [0.05, 0.1) is 5.84 Å². The SMILES string of the molecule is CC.CC(=O)C1(N=C(C)N)c2cc(Br)ccc2CC12CCc1ccccc1CC2. The van der Waals surface area contributed by atoms with Crippen LogP contribution in [0.15, 0.2) is 51.9 Å². The number of amidine groups is 1. The van der Waals surface area contributed by atoms with Gasteiger partial charge >= 0.3 is 0 Å². The summed E-state index contributed by atoms with van der Waals surface area (Å²) in [4.78, 5) is 18.2. The van der Waals surface area contributed by atoms with Gasteiger partial charge in [-0.3, -0.25) is 9.79 Å². The Morgan fingerprint density at radius 1 is 1.00 bits per heavy atom. The molecule has 1 atom stereocenters. The summed E-state index contributed by atoms with van der Waals surface area (Å²) in [7, 11) is 0. The van der Waals surface area contributed by atoms with E-state index in [1.165, 1.54) is 16.7 Å². The summed E-state index contributed by atoms with van der Waals surface area (Å²) in [6.45, 7) is 7.47. The maximum absolute atomic E-state index is 13.3. The average Bonchev–Trinajstić information content (AvgIpc) is 2.83. The molecule has 2 N–H and O–H groups in total. The van der Waals surface area contributed by atoms with E-state index in [4.69, 9.17) is 10.7 Å². The zero-order chi connectivity index (χ0) is 21.2. The van der Waals surface area contributed by atoms with E-state index in [1.807, 2.05) is 13.8 Å². The number of Topliss-reactive ketones (excluding diaryl/α,β-unsaturated/α-hetero) is 1. The number of hydrogen-bond acceptors (Lipinski definition) is 2. The second-order valence-corrected chi connectivity index (χ2v) is 8.96. The van der Waals surface area contributed by atoms with E-state index in [0.717, 1.165) is 42.1 Å². The van der Waals surface area contributed by atoms with Gasteiger partial charge in [0.25, 0.3) is 0 Å². The molecule has 3 nitrogen and oxygen atoms in total. The molecule has 4 rings (SSSR count). The van der Waals surface area contributed by atoms with Gasteiger partial charge in [-0.25, -0.2) is 0 Å². The highest BCUT2D eigenvalue weighted by atomic mass is 79.9. The van der Waals surface area contributed by atoms with Crippen LogP contribution in [0.3, 0.4) is 0 Å². The molecular weight excluding hydrogens is 424 g/mol. The number of ketones is 1. The molecule has 2 aliphatic rings. The third kappa shape index (κ3) is 3.56. The van der Waals surface area contributed by atoms with Crippen molar-refractivity contribution >= 4 is 27.5 Å². The number of rotatable bonds is 2. The third-order valence-corrected chi connectivity index (χ3v) is 6.97. The van der Waals surface area contributed by atoms with Gasteiger partial charge in [-0.05, 0) is 80.3 Å². The topological polar surface area (TPSA) is 55.5 Å². The Morgan fingerprint density at radius 2 is 1.59 bits per heavy atom. The number of carbonyl (C=O) groups excluding carboxylic acids is 1. The summed E-state index contributed by atoms with van der Waals surface area (Å²) >= 11 is 3.59. The molecule has 2 aromatic rings. The molecule has 154 valence electrons. The van der Waals surface area contributed by atoms with Crippen molar-refractivity contribution in [3.05, 3.63) is 69.2 Å². The number of benzene rings is 2. The van der Waals surface area contributed by atoms with Gasteiger partial charge in [0.15, 0.2) is 11.3 Å². The van der Waals surface area contributed by atoms with Gasteiger partial charge in [-0.2, -0.15) is 0 Å². The molecule has 0 bridgehead atoms. The quantitative estimate of drug-likeness (QED) is 0.463. The van der Waals surface area contributed by atoms with Gasteiger partial charge in [0, 0.05) is 9.89 Å². The van der Waals surface area contributed by atoms with Crippen molar-refractivity contribution in [2.24, 2.45) is 16.1 Å². The second kappa shape index (κ2) is 8.43. The van der Waals surface area contributed by atoms with Crippen LogP contribution in [0.2, 0.25) is 0 Å². The normalized spacial score (nSPS) is 22.2. The summed E-state index contributed by atoms with van der Waals surface area (Å²) in [6.07, 6.45) is 4.69. The van der Waals surface area contributed by atoms with E-state index in [2.05, 4.69) is 58.4 Å². The van der Waals surface area contributed by atoms with Crippen LogP contribution in [0.4, 0.5) is 0 Å². The van der Waals surface area contributed by atoms with Crippen LogP contribution >= 0.6 is 15.9 Å². The van der Waals surface area contributed by atoms with E-state index in [9.17, 15) is 4.79 Å². The fraction of sp³-hybridized carbons (Fsp3) is 0.440. The Morgan fingerprint density at radius 3 is 2.10 bits per heavy atom. The molecule has 0 fully saturated rings. The first-order chi connectivity index (χ1) is 13.9. The number of carbonyl (C=O) groups is 1. The minimum atomic E-state index is -0.896. The van der Waals surface area contributed by atoms with E-state index in [0.29, 0.717) is 5.84 Å². The lowest BCUT2D eigenvalue weighted by Crippen LogP contribution is -2.48. The lowest BCUT2D eigenvalue weighted by Gasteiger charge is -2.42. The first-order valence-electron chi connectivity index (χ1n) is 10.6. The fourth-order valence-corrected chi connectivity index (χ4v) is 5.72. The highest BCUT2D eigenvalue weighted by Crippen LogP contribution is 2.59. The van der Waals surface area contributed by atoms with Crippen LogP contribution in [-0.2, 0) is 29.6 Å². The highest BCUT2D eigenvalue weighted by Gasteiger charge is 2.60. The van der Waals surface area contributed by atoms with Gasteiger partial charge < -0.3 is 5.73 Å². The number of aryl methyl sites for hydroxylation is 2. The van der Waals surface area contributed by atoms with Crippen molar-refractivity contribution in [2.75, 3.05) is 0 Å². The predicted octanol–water partition coefficient (Wildman–Crippen LogP) is 5.76. The molecule has 0 amide bonds.